The molecule has 0 bridgehead atoms. The quantitative estimate of drug-likeness (QED) is 0.715. The summed E-state index contributed by atoms with van der Waals surface area (Å²) < 4.78 is 7.76. The molecule has 0 unspecified atom stereocenters. The van der Waals surface area contributed by atoms with Crippen LogP contribution in [-0.2, 0) is 0 Å². The number of amides is 1. The van der Waals surface area contributed by atoms with Crippen LogP contribution in [0.1, 0.15) is 28.9 Å². The molecular weight excluding hydrogens is 358 g/mol. The van der Waals surface area contributed by atoms with Gasteiger partial charge in [0.25, 0.3) is 5.91 Å². The molecule has 0 saturated carbocycles. The van der Waals surface area contributed by atoms with Crippen molar-refractivity contribution in [2.75, 3.05) is 18.0 Å². The monoisotopic (exact) mass is 379 g/mol. The van der Waals surface area contributed by atoms with Gasteiger partial charge >= 0.3 is 0 Å². The molecule has 0 atom stereocenters. The first kappa shape index (κ1) is 17.9. The molecule has 4 rings (SSSR count). The van der Waals surface area contributed by atoms with Crippen LogP contribution in [0, 0.1) is 6.92 Å². The van der Waals surface area contributed by atoms with Crippen molar-refractivity contribution in [3.8, 4) is 11.4 Å². The molecule has 1 fully saturated rings. The van der Waals surface area contributed by atoms with E-state index >= 15 is 0 Å². The zero-order valence-corrected chi connectivity index (χ0v) is 15.5. The van der Waals surface area contributed by atoms with Gasteiger partial charge in [-0.15, -0.1) is 0 Å². The molecule has 1 amide bonds. The van der Waals surface area contributed by atoms with Crippen molar-refractivity contribution in [2.45, 2.75) is 25.9 Å². The van der Waals surface area contributed by atoms with Gasteiger partial charge in [-0.3, -0.25) is 9.78 Å². The average molecular weight is 379 g/mol. The lowest BCUT2D eigenvalue weighted by Gasteiger charge is -2.32. The highest BCUT2D eigenvalue weighted by Crippen LogP contribution is 2.23. The van der Waals surface area contributed by atoms with Crippen molar-refractivity contribution in [3.63, 3.8) is 0 Å². The lowest BCUT2D eigenvalue weighted by atomic mass is 10.1. The summed E-state index contributed by atoms with van der Waals surface area (Å²) in [5, 5.41) is 12.2. The molecule has 1 saturated heterocycles. The van der Waals surface area contributed by atoms with E-state index in [1.54, 1.807) is 16.8 Å². The highest BCUT2D eigenvalue weighted by atomic mass is 16.5. The Morgan fingerprint density at radius 3 is 2.64 bits per heavy atom. The zero-order chi connectivity index (χ0) is 19.5. The largest absolute Gasteiger partial charge is 0.490 e. The normalized spacial score (nSPS) is 14.8. The number of piperidine rings is 1. The lowest BCUT2D eigenvalue weighted by Crippen LogP contribution is -2.39. The van der Waals surface area contributed by atoms with E-state index in [1.807, 2.05) is 31.2 Å². The summed E-state index contributed by atoms with van der Waals surface area (Å²) in [7, 11) is 0. The van der Waals surface area contributed by atoms with Gasteiger partial charge in [0.05, 0.1) is 5.69 Å². The maximum absolute atomic E-state index is 11.3. The third-order valence-electron chi connectivity index (χ3n) is 4.74. The number of rotatable bonds is 5. The number of benzene rings is 1. The number of aromatic nitrogens is 5. The third kappa shape index (κ3) is 3.78. The van der Waals surface area contributed by atoms with Gasteiger partial charge < -0.3 is 15.4 Å². The molecule has 144 valence electrons. The highest BCUT2D eigenvalue weighted by molar-refractivity contribution is 5.91. The number of nitrogens with zero attached hydrogens (tertiary/aromatic N) is 6. The van der Waals surface area contributed by atoms with Crippen LogP contribution >= 0.6 is 0 Å². The van der Waals surface area contributed by atoms with Crippen LogP contribution in [0.25, 0.3) is 5.69 Å². The number of pyridine rings is 1. The molecule has 9 nitrogen and oxygen atoms in total. The van der Waals surface area contributed by atoms with Crippen LogP contribution in [0.4, 0.5) is 5.95 Å². The second-order valence-corrected chi connectivity index (χ2v) is 6.77. The van der Waals surface area contributed by atoms with Crippen LogP contribution in [0.2, 0.25) is 0 Å². The summed E-state index contributed by atoms with van der Waals surface area (Å²) in [6.07, 6.45) is 3.20. The molecular formula is C19H21N7O2. The number of aryl methyl sites for hydroxylation is 1. The van der Waals surface area contributed by atoms with Crippen LogP contribution in [-0.4, -0.2) is 50.3 Å². The maximum atomic E-state index is 11.3. The molecule has 0 radical (unpaired) electrons. The summed E-state index contributed by atoms with van der Waals surface area (Å²) >= 11 is 0. The van der Waals surface area contributed by atoms with E-state index in [0.29, 0.717) is 5.75 Å². The predicted molar refractivity (Wildman–Crippen MR) is 103 cm³/mol. The summed E-state index contributed by atoms with van der Waals surface area (Å²) in [4.78, 5) is 17.4. The molecule has 1 aromatic carbocycles. The van der Waals surface area contributed by atoms with E-state index in [1.165, 1.54) is 11.8 Å². The number of carbonyl (C=O) groups excluding carboxylic acids is 1. The minimum absolute atomic E-state index is 0.0445. The molecule has 0 spiro atoms. The molecule has 2 aromatic heterocycles. The first-order valence-electron chi connectivity index (χ1n) is 9.13. The second kappa shape index (κ2) is 7.63. The van der Waals surface area contributed by atoms with Crippen LogP contribution in [0.5, 0.6) is 5.75 Å². The van der Waals surface area contributed by atoms with Crippen molar-refractivity contribution in [1.82, 2.24) is 25.2 Å². The number of anilines is 1. The Balaban J connectivity index is 1.41. The van der Waals surface area contributed by atoms with Crippen molar-refractivity contribution < 1.29 is 9.53 Å². The molecule has 1 aliphatic rings. The summed E-state index contributed by atoms with van der Waals surface area (Å²) in [6.45, 7) is 3.58. The maximum Gasteiger partial charge on any atom is 0.267 e. The van der Waals surface area contributed by atoms with Gasteiger partial charge in [-0.2, -0.15) is 4.68 Å². The number of carbonyl (C=O) groups is 1. The molecule has 3 heterocycles. The topological polar surface area (TPSA) is 112 Å². The minimum atomic E-state index is -0.566. The van der Waals surface area contributed by atoms with Crippen molar-refractivity contribution in [2.24, 2.45) is 5.73 Å². The van der Waals surface area contributed by atoms with Crippen LogP contribution in [0.15, 0.2) is 42.6 Å². The molecule has 3 aromatic rings. The van der Waals surface area contributed by atoms with Crippen molar-refractivity contribution >= 4 is 11.9 Å². The summed E-state index contributed by atoms with van der Waals surface area (Å²) in [5.74, 6) is 0.761. The number of nitrogens with two attached hydrogens (primary N) is 1. The Kier molecular flexibility index (Phi) is 4.88. The van der Waals surface area contributed by atoms with Gasteiger partial charge in [0.15, 0.2) is 0 Å². The summed E-state index contributed by atoms with van der Waals surface area (Å²) in [6, 6.07) is 11.4. The Labute approximate surface area is 162 Å². The van der Waals surface area contributed by atoms with Crippen molar-refractivity contribution in [3.05, 3.63) is 53.9 Å². The number of hydrogen-bond donors (Lipinski definition) is 1. The van der Waals surface area contributed by atoms with E-state index in [2.05, 4.69) is 25.4 Å². The summed E-state index contributed by atoms with van der Waals surface area (Å²) in [5.41, 5.74) is 7.59. The fourth-order valence-electron chi connectivity index (χ4n) is 3.22. The fourth-order valence-corrected chi connectivity index (χ4v) is 3.22. The molecule has 28 heavy (non-hydrogen) atoms. The van der Waals surface area contributed by atoms with E-state index < -0.39 is 5.91 Å². The van der Waals surface area contributed by atoms with Gasteiger partial charge in [-0.1, -0.05) is 22.8 Å². The molecule has 2 N–H and O–H groups in total. The predicted octanol–water partition coefficient (Wildman–Crippen LogP) is 1.51. The Morgan fingerprint density at radius 2 is 1.93 bits per heavy atom. The number of ether oxygens (including phenoxy) is 1. The van der Waals surface area contributed by atoms with Crippen LogP contribution in [0.3, 0.4) is 0 Å². The van der Waals surface area contributed by atoms with E-state index in [-0.39, 0.29) is 11.8 Å². The average Bonchev–Trinajstić information content (AvgIpc) is 3.19. The van der Waals surface area contributed by atoms with Gasteiger partial charge in [0.2, 0.25) is 5.95 Å². The SMILES string of the molecule is Cc1ccc(-n2nnnc2N2CCC(Oc3ccnc(C(N)=O)c3)CC2)cc1. The molecule has 9 heteroatoms. The Bertz CT molecular complexity index is 962. The van der Waals surface area contributed by atoms with E-state index in [4.69, 9.17) is 10.5 Å². The van der Waals surface area contributed by atoms with Gasteiger partial charge in [-0.25, -0.2) is 0 Å². The van der Waals surface area contributed by atoms with Gasteiger partial charge in [-0.05, 0) is 35.5 Å². The van der Waals surface area contributed by atoms with Crippen LogP contribution < -0.4 is 15.4 Å². The number of primary amides is 1. The number of hydrogen-bond acceptors (Lipinski definition) is 7. The van der Waals surface area contributed by atoms with Gasteiger partial charge in [0.1, 0.15) is 17.5 Å². The minimum Gasteiger partial charge on any atom is -0.490 e. The fraction of sp³-hybridized carbons (Fsp3) is 0.316. The number of tetrazole rings is 1. The standard InChI is InChI=1S/C19H21N7O2/c1-13-2-4-14(5-3-13)26-19(22-23-24-26)25-10-7-15(8-11-25)28-16-6-9-21-17(12-16)18(20)27/h2-6,9,12,15H,7-8,10-11H2,1H3,(H2,20,27). The Hall–Kier alpha value is -3.49. The highest BCUT2D eigenvalue weighted by Gasteiger charge is 2.25. The Morgan fingerprint density at radius 1 is 1.18 bits per heavy atom. The van der Waals surface area contributed by atoms with E-state index in [9.17, 15) is 4.79 Å². The van der Waals surface area contributed by atoms with E-state index in [0.717, 1.165) is 37.6 Å². The zero-order valence-electron chi connectivity index (χ0n) is 15.5. The molecule has 0 aliphatic carbocycles. The smallest absolute Gasteiger partial charge is 0.267 e. The lowest BCUT2D eigenvalue weighted by molar-refractivity contribution is 0.0994. The van der Waals surface area contributed by atoms with Crippen molar-refractivity contribution in [1.29, 1.82) is 0 Å². The molecule has 1 aliphatic heterocycles. The third-order valence-corrected chi connectivity index (χ3v) is 4.74. The van der Waals surface area contributed by atoms with Gasteiger partial charge in [0, 0.05) is 38.2 Å². The first-order chi connectivity index (χ1) is 13.6. The first-order valence-corrected chi connectivity index (χ1v) is 9.13. The second-order valence-electron chi connectivity index (χ2n) is 6.77.